The van der Waals surface area contributed by atoms with Crippen molar-refractivity contribution in [2.45, 2.75) is 26.3 Å². The second-order valence-corrected chi connectivity index (χ2v) is 7.68. The number of carbonyl (C=O) groups excluding carboxylic acids is 1. The lowest BCUT2D eigenvalue weighted by atomic mass is 9.97. The lowest BCUT2D eigenvalue weighted by molar-refractivity contribution is -0.125. The molecule has 0 unspecified atom stereocenters. The van der Waals surface area contributed by atoms with Gasteiger partial charge in [-0.25, -0.2) is 14.4 Å². The van der Waals surface area contributed by atoms with Crippen LogP contribution >= 0.6 is 0 Å². The van der Waals surface area contributed by atoms with Crippen molar-refractivity contribution >= 4 is 11.7 Å². The predicted molar refractivity (Wildman–Crippen MR) is 115 cm³/mol. The van der Waals surface area contributed by atoms with Gasteiger partial charge in [0.25, 0.3) is 0 Å². The summed E-state index contributed by atoms with van der Waals surface area (Å²) in [5, 5.41) is 3.08. The molecule has 1 atom stereocenters. The molecule has 1 aliphatic heterocycles. The topological polar surface area (TPSA) is 58.1 Å². The molecule has 1 aromatic heterocycles. The molecule has 0 aliphatic carbocycles. The van der Waals surface area contributed by atoms with E-state index in [1.165, 1.54) is 17.7 Å². The lowest BCUT2D eigenvalue weighted by Gasteiger charge is -2.33. The van der Waals surface area contributed by atoms with E-state index in [1.54, 1.807) is 18.3 Å². The molecule has 6 heteroatoms. The molecule has 1 saturated heterocycles. The third-order valence-electron chi connectivity index (χ3n) is 5.55. The van der Waals surface area contributed by atoms with Crippen molar-refractivity contribution in [3.63, 3.8) is 0 Å². The van der Waals surface area contributed by atoms with Gasteiger partial charge >= 0.3 is 0 Å². The first-order chi connectivity index (χ1) is 14.6. The highest BCUT2D eigenvalue weighted by Gasteiger charge is 2.26. The predicted octanol–water partition coefficient (Wildman–Crippen LogP) is 4.12. The molecule has 154 valence electrons. The molecule has 30 heavy (non-hydrogen) atoms. The van der Waals surface area contributed by atoms with E-state index in [0.717, 1.165) is 30.8 Å². The van der Waals surface area contributed by atoms with Crippen molar-refractivity contribution in [1.82, 2.24) is 15.3 Å². The first-order valence-electron chi connectivity index (χ1n) is 10.3. The van der Waals surface area contributed by atoms with Crippen LogP contribution in [0.4, 0.5) is 10.2 Å². The summed E-state index contributed by atoms with van der Waals surface area (Å²) in [4.78, 5) is 23.8. The molecule has 1 aliphatic rings. The smallest absolute Gasteiger partial charge is 0.225 e. The fraction of sp³-hybridized carbons (Fsp3) is 0.292. The number of benzene rings is 2. The van der Waals surface area contributed by atoms with Gasteiger partial charge in [0.1, 0.15) is 11.6 Å². The molecular weight excluding hydrogens is 379 g/mol. The summed E-state index contributed by atoms with van der Waals surface area (Å²) in [6, 6.07) is 16.2. The van der Waals surface area contributed by atoms with E-state index in [1.807, 2.05) is 24.3 Å². The van der Waals surface area contributed by atoms with Gasteiger partial charge in [0.05, 0.1) is 5.92 Å². The van der Waals surface area contributed by atoms with Gasteiger partial charge in [0.2, 0.25) is 5.91 Å². The van der Waals surface area contributed by atoms with E-state index in [2.05, 4.69) is 33.2 Å². The molecule has 4 rings (SSSR count). The average Bonchev–Trinajstić information content (AvgIpc) is 2.78. The van der Waals surface area contributed by atoms with Gasteiger partial charge in [-0.2, -0.15) is 0 Å². The quantitative estimate of drug-likeness (QED) is 0.695. The molecule has 2 heterocycles. The van der Waals surface area contributed by atoms with Gasteiger partial charge in [-0.05, 0) is 49.1 Å². The monoisotopic (exact) mass is 404 g/mol. The van der Waals surface area contributed by atoms with Gasteiger partial charge < -0.3 is 10.2 Å². The number of rotatable bonds is 5. The molecule has 1 amide bonds. The first-order valence-corrected chi connectivity index (χ1v) is 10.3. The Kier molecular flexibility index (Phi) is 6.02. The number of nitrogens with zero attached hydrogens (tertiary/aromatic N) is 3. The number of piperidine rings is 1. The highest BCUT2D eigenvalue weighted by molar-refractivity contribution is 5.79. The van der Waals surface area contributed by atoms with Crippen LogP contribution in [0.2, 0.25) is 0 Å². The molecule has 5 nitrogen and oxygen atoms in total. The maximum atomic E-state index is 13.6. The maximum Gasteiger partial charge on any atom is 0.225 e. The molecule has 1 fully saturated rings. The van der Waals surface area contributed by atoms with Crippen LogP contribution in [-0.4, -0.2) is 29.0 Å². The van der Waals surface area contributed by atoms with Crippen molar-refractivity contribution in [1.29, 1.82) is 0 Å². The Labute approximate surface area is 176 Å². The second-order valence-electron chi connectivity index (χ2n) is 7.68. The van der Waals surface area contributed by atoms with Crippen molar-refractivity contribution in [2.24, 2.45) is 5.92 Å². The number of aromatic nitrogens is 2. The van der Waals surface area contributed by atoms with Gasteiger partial charge in [0.15, 0.2) is 5.82 Å². The minimum atomic E-state index is -0.315. The van der Waals surface area contributed by atoms with E-state index >= 15 is 0 Å². The molecule has 0 bridgehead atoms. The Morgan fingerprint density at radius 3 is 2.90 bits per heavy atom. The highest BCUT2D eigenvalue weighted by Crippen LogP contribution is 2.24. The number of nitrogens with one attached hydrogen (secondary N) is 1. The second kappa shape index (κ2) is 9.03. The fourth-order valence-corrected chi connectivity index (χ4v) is 3.83. The van der Waals surface area contributed by atoms with E-state index in [9.17, 15) is 9.18 Å². The molecule has 1 N–H and O–H groups in total. The lowest BCUT2D eigenvalue weighted by Crippen LogP contribution is -2.43. The highest BCUT2D eigenvalue weighted by atomic mass is 19.1. The number of hydrogen-bond donors (Lipinski definition) is 1. The van der Waals surface area contributed by atoms with E-state index in [4.69, 9.17) is 0 Å². The van der Waals surface area contributed by atoms with Crippen LogP contribution in [0.3, 0.4) is 0 Å². The Morgan fingerprint density at radius 2 is 2.07 bits per heavy atom. The Balaban J connectivity index is 1.43. The van der Waals surface area contributed by atoms with Crippen LogP contribution in [0.1, 0.15) is 24.0 Å². The van der Waals surface area contributed by atoms with Crippen LogP contribution in [0.5, 0.6) is 0 Å². The van der Waals surface area contributed by atoms with Crippen molar-refractivity contribution in [3.05, 3.63) is 77.7 Å². The Hall–Kier alpha value is -3.28. The summed E-state index contributed by atoms with van der Waals surface area (Å²) in [7, 11) is 0. The number of aryl methyl sites for hydroxylation is 1. The van der Waals surface area contributed by atoms with Gasteiger partial charge in [-0.15, -0.1) is 0 Å². The average molecular weight is 404 g/mol. The Bertz CT molecular complexity index is 1040. The number of halogens is 1. The van der Waals surface area contributed by atoms with Crippen LogP contribution in [-0.2, 0) is 11.3 Å². The fourth-order valence-electron chi connectivity index (χ4n) is 3.83. The summed E-state index contributed by atoms with van der Waals surface area (Å²) in [5.74, 6) is 0.918. The van der Waals surface area contributed by atoms with E-state index < -0.39 is 0 Å². The molecule has 0 saturated carbocycles. The zero-order valence-corrected chi connectivity index (χ0v) is 17.0. The normalized spacial score (nSPS) is 16.3. The van der Waals surface area contributed by atoms with Gasteiger partial charge in [-0.1, -0.05) is 36.4 Å². The zero-order chi connectivity index (χ0) is 20.9. The number of carbonyl (C=O) groups is 1. The molecular formula is C24H25FN4O. The first kappa shape index (κ1) is 20.0. The van der Waals surface area contributed by atoms with Crippen LogP contribution in [0, 0.1) is 18.7 Å². The third kappa shape index (κ3) is 4.64. The van der Waals surface area contributed by atoms with Crippen LogP contribution in [0.15, 0.2) is 60.8 Å². The Morgan fingerprint density at radius 1 is 1.20 bits per heavy atom. The summed E-state index contributed by atoms with van der Waals surface area (Å²) < 4.78 is 13.6. The largest absolute Gasteiger partial charge is 0.356 e. The SMILES string of the molecule is Cc1ccccc1CNC(=O)[C@H]1CCCN(c2ccnc(-c3cccc(F)c3)n2)C1. The number of hydrogen-bond acceptors (Lipinski definition) is 4. The molecule has 0 radical (unpaired) electrons. The summed E-state index contributed by atoms with van der Waals surface area (Å²) in [6.07, 6.45) is 3.46. The van der Waals surface area contributed by atoms with Gasteiger partial charge in [-0.3, -0.25) is 4.79 Å². The number of anilines is 1. The van der Waals surface area contributed by atoms with Crippen molar-refractivity contribution < 1.29 is 9.18 Å². The van der Waals surface area contributed by atoms with E-state index in [-0.39, 0.29) is 17.6 Å². The third-order valence-corrected chi connectivity index (χ3v) is 5.55. The molecule has 2 aromatic carbocycles. The maximum absolute atomic E-state index is 13.6. The number of amides is 1. The van der Waals surface area contributed by atoms with E-state index in [0.29, 0.717) is 24.5 Å². The minimum Gasteiger partial charge on any atom is -0.356 e. The summed E-state index contributed by atoms with van der Waals surface area (Å²) in [5.41, 5.74) is 2.95. The summed E-state index contributed by atoms with van der Waals surface area (Å²) in [6.45, 7) is 4.04. The van der Waals surface area contributed by atoms with Gasteiger partial charge in [0, 0.05) is 31.4 Å². The minimum absolute atomic E-state index is 0.0716. The van der Waals surface area contributed by atoms with Crippen molar-refractivity contribution in [3.8, 4) is 11.4 Å². The molecule has 3 aromatic rings. The van der Waals surface area contributed by atoms with Crippen LogP contribution < -0.4 is 10.2 Å². The standard InChI is InChI=1S/C24H25FN4O/c1-17-6-2-3-7-19(17)15-27-24(30)20-9-5-13-29(16-20)22-11-12-26-23(28-22)18-8-4-10-21(25)14-18/h2-4,6-8,10-12,14,20H,5,9,13,15-16H2,1H3,(H,27,30)/t20-/m0/s1. The van der Waals surface area contributed by atoms with Crippen LogP contribution in [0.25, 0.3) is 11.4 Å². The molecule has 0 spiro atoms. The summed E-state index contributed by atoms with van der Waals surface area (Å²) >= 11 is 0. The van der Waals surface area contributed by atoms with Crippen molar-refractivity contribution in [2.75, 3.05) is 18.0 Å². The zero-order valence-electron chi connectivity index (χ0n) is 17.0.